The minimum absolute atomic E-state index is 0.223. The third-order valence-electron chi connectivity index (χ3n) is 6.88. The first-order chi connectivity index (χ1) is 17.7. The minimum Gasteiger partial charge on any atom is -0.493 e. The van der Waals surface area contributed by atoms with E-state index in [2.05, 4.69) is 15.2 Å². The Morgan fingerprint density at radius 2 is 1.81 bits per heavy atom. The highest BCUT2D eigenvalue weighted by Gasteiger charge is 2.32. The second-order valence-electron chi connectivity index (χ2n) is 9.15. The van der Waals surface area contributed by atoms with Crippen LogP contribution in [0.1, 0.15) is 29.9 Å². The standard InChI is InChI=1S/C27H32F3N3O4/c1-31-26(34)37-13-12-33-10-8-17(9-11-33)18-4-6-22-20(14-18)21(16-27(28,29)30)25(32-22)19-5-7-23(35-2)24(15-19)36-3/h4-7,14-15,17,32H,8-13,16H2,1-3H3,(H,31,34). The highest BCUT2D eigenvalue weighted by Crippen LogP contribution is 2.40. The number of halogens is 3. The summed E-state index contributed by atoms with van der Waals surface area (Å²) in [6, 6.07) is 10.9. The number of rotatable bonds is 8. The van der Waals surface area contributed by atoms with Crippen LogP contribution in [0, 0.1) is 0 Å². The minimum atomic E-state index is -4.36. The number of alkyl halides is 3. The third-order valence-corrected chi connectivity index (χ3v) is 6.88. The van der Waals surface area contributed by atoms with Crippen molar-refractivity contribution in [1.82, 2.24) is 15.2 Å². The van der Waals surface area contributed by atoms with Crippen molar-refractivity contribution in [2.45, 2.75) is 31.4 Å². The molecule has 4 rings (SSSR count). The summed E-state index contributed by atoms with van der Waals surface area (Å²) < 4.78 is 56.8. The molecular weight excluding hydrogens is 487 g/mol. The average Bonchev–Trinajstić information content (AvgIpc) is 3.24. The van der Waals surface area contributed by atoms with Gasteiger partial charge in [-0.05, 0) is 73.3 Å². The molecule has 7 nitrogen and oxygen atoms in total. The molecule has 2 N–H and O–H groups in total. The number of ether oxygens (including phenoxy) is 3. The van der Waals surface area contributed by atoms with Crippen molar-refractivity contribution in [3.8, 4) is 22.8 Å². The second-order valence-corrected chi connectivity index (χ2v) is 9.15. The summed E-state index contributed by atoms with van der Waals surface area (Å²) in [4.78, 5) is 16.7. The van der Waals surface area contributed by atoms with Gasteiger partial charge in [-0.3, -0.25) is 4.90 Å². The number of benzene rings is 2. The van der Waals surface area contributed by atoms with Crippen molar-refractivity contribution in [1.29, 1.82) is 0 Å². The molecule has 1 aliphatic heterocycles. The molecule has 2 heterocycles. The number of nitrogens with zero attached hydrogens (tertiary/aromatic N) is 1. The van der Waals surface area contributed by atoms with E-state index in [1.165, 1.54) is 21.3 Å². The molecule has 1 fully saturated rings. The molecule has 37 heavy (non-hydrogen) atoms. The normalized spacial score (nSPS) is 15.1. The van der Waals surface area contributed by atoms with Gasteiger partial charge in [0.25, 0.3) is 0 Å². The Hall–Kier alpha value is -3.40. The number of aromatic amines is 1. The van der Waals surface area contributed by atoms with Crippen LogP contribution in [0.5, 0.6) is 11.5 Å². The summed E-state index contributed by atoms with van der Waals surface area (Å²) in [6.07, 6.45) is -4.08. The molecule has 10 heteroatoms. The van der Waals surface area contributed by atoms with E-state index in [-0.39, 0.29) is 11.5 Å². The van der Waals surface area contributed by atoms with Crippen molar-refractivity contribution in [2.75, 3.05) is 47.5 Å². The van der Waals surface area contributed by atoms with Crippen molar-refractivity contribution in [3.63, 3.8) is 0 Å². The number of H-pyrrole nitrogens is 1. The number of alkyl carbamates (subject to hydrolysis) is 1. The highest BCUT2D eigenvalue weighted by molar-refractivity contribution is 5.91. The van der Waals surface area contributed by atoms with E-state index < -0.39 is 18.7 Å². The lowest BCUT2D eigenvalue weighted by atomic mass is 9.88. The summed E-state index contributed by atoms with van der Waals surface area (Å²) in [5.41, 5.74) is 2.95. The van der Waals surface area contributed by atoms with Gasteiger partial charge in [0.2, 0.25) is 0 Å². The summed E-state index contributed by atoms with van der Waals surface area (Å²) in [5.74, 6) is 1.21. The number of hydrogen-bond acceptors (Lipinski definition) is 5. The van der Waals surface area contributed by atoms with Crippen LogP contribution in [0.2, 0.25) is 0 Å². The van der Waals surface area contributed by atoms with Gasteiger partial charge < -0.3 is 24.5 Å². The number of amides is 1. The molecule has 0 unspecified atom stereocenters. The predicted octanol–water partition coefficient (Wildman–Crippen LogP) is 5.49. The maximum absolute atomic E-state index is 13.7. The fraction of sp³-hybridized carbons (Fsp3) is 0.444. The lowest BCUT2D eigenvalue weighted by Crippen LogP contribution is -2.36. The van der Waals surface area contributed by atoms with E-state index >= 15 is 0 Å². The molecule has 0 saturated carbocycles. The molecule has 1 saturated heterocycles. The SMILES string of the molecule is CNC(=O)OCCN1CCC(c2ccc3[nH]c(-c4ccc(OC)c(OC)c4)c(CC(F)(F)F)c3c2)CC1. The Morgan fingerprint density at radius 1 is 1.08 bits per heavy atom. The zero-order valence-electron chi connectivity index (χ0n) is 21.2. The molecule has 0 spiro atoms. The molecule has 0 radical (unpaired) electrons. The Balaban J connectivity index is 1.59. The van der Waals surface area contributed by atoms with Crippen LogP contribution >= 0.6 is 0 Å². The first-order valence-corrected chi connectivity index (χ1v) is 12.2. The van der Waals surface area contributed by atoms with E-state index in [9.17, 15) is 18.0 Å². The Kier molecular flexibility index (Phi) is 8.16. The van der Waals surface area contributed by atoms with Crippen LogP contribution in [0.25, 0.3) is 22.2 Å². The van der Waals surface area contributed by atoms with Crippen LogP contribution < -0.4 is 14.8 Å². The molecule has 2 aromatic carbocycles. The van der Waals surface area contributed by atoms with Gasteiger partial charge in [-0.15, -0.1) is 0 Å². The number of carbonyl (C=O) groups is 1. The Labute approximate surface area is 213 Å². The van der Waals surface area contributed by atoms with Gasteiger partial charge in [-0.1, -0.05) is 6.07 Å². The van der Waals surface area contributed by atoms with E-state index in [1.807, 2.05) is 18.2 Å². The van der Waals surface area contributed by atoms with Crippen LogP contribution in [0.15, 0.2) is 36.4 Å². The van der Waals surface area contributed by atoms with E-state index in [1.54, 1.807) is 18.2 Å². The van der Waals surface area contributed by atoms with Gasteiger partial charge in [0, 0.05) is 30.1 Å². The smallest absolute Gasteiger partial charge is 0.406 e. The molecule has 0 bridgehead atoms. The first-order valence-electron chi connectivity index (χ1n) is 12.2. The van der Waals surface area contributed by atoms with Crippen molar-refractivity contribution in [3.05, 3.63) is 47.5 Å². The summed E-state index contributed by atoms with van der Waals surface area (Å²) >= 11 is 0. The fourth-order valence-electron chi connectivity index (χ4n) is 4.97. The zero-order chi connectivity index (χ0) is 26.6. The Bertz CT molecular complexity index is 1230. The number of methoxy groups -OCH3 is 2. The number of carbonyl (C=O) groups excluding carboxylic acids is 1. The van der Waals surface area contributed by atoms with Gasteiger partial charge in [0.15, 0.2) is 11.5 Å². The quantitative estimate of drug-likeness (QED) is 0.412. The maximum atomic E-state index is 13.7. The second kappa shape index (κ2) is 11.3. The summed E-state index contributed by atoms with van der Waals surface area (Å²) in [5, 5.41) is 3.01. The molecule has 0 atom stereocenters. The van der Waals surface area contributed by atoms with Gasteiger partial charge in [-0.2, -0.15) is 13.2 Å². The number of hydrogen-bond donors (Lipinski definition) is 2. The first kappa shape index (κ1) is 26.7. The molecule has 0 aliphatic carbocycles. The largest absolute Gasteiger partial charge is 0.493 e. The van der Waals surface area contributed by atoms with Gasteiger partial charge >= 0.3 is 12.3 Å². The maximum Gasteiger partial charge on any atom is 0.406 e. The fourth-order valence-corrected chi connectivity index (χ4v) is 4.97. The number of likely N-dealkylation sites (tertiary alicyclic amines) is 1. The lowest BCUT2D eigenvalue weighted by molar-refractivity contribution is -0.126. The topological polar surface area (TPSA) is 75.8 Å². The lowest BCUT2D eigenvalue weighted by Gasteiger charge is -2.32. The molecule has 200 valence electrons. The van der Waals surface area contributed by atoms with Crippen LogP contribution in [0.3, 0.4) is 0 Å². The van der Waals surface area contributed by atoms with Crippen LogP contribution in [0.4, 0.5) is 18.0 Å². The number of aromatic nitrogens is 1. The van der Waals surface area contributed by atoms with Crippen LogP contribution in [-0.4, -0.2) is 69.7 Å². The van der Waals surface area contributed by atoms with Crippen LogP contribution in [-0.2, 0) is 11.2 Å². The van der Waals surface area contributed by atoms with Gasteiger partial charge in [0.1, 0.15) is 6.61 Å². The Morgan fingerprint density at radius 3 is 2.46 bits per heavy atom. The van der Waals surface area contributed by atoms with Gasteiger partial charge in [-0.25, -0.2) is 4.79 Å². The molecule has 1 aliphatic rings. The number of piperidine rings is 1. The van der Waals surface area contributed by atoms with E-state index in [0.717, 1.165) is 31.5 Å². The number of nitrogens with one attached hydrogen (secondary N) is 2. The van der Waals surface area contributed by atoms with Crippen molar-refractivity contribution in [2.24, 2.45) is 0 Å². The average molecular weight is 520 g/mol. The van der Waals surface area contributed by atoms with Crippen molar-refractivity contribution >= 4 is 17.0 Å². The van der Waals surface area contributed by atoms with Crippen molar-refractivity contribution < 1.29 is 32.2 Å². The van der Waals surface area contributed by atoms with Gasteiger partial charge in [0.05, 0.1) is 26.3 Å². The third kappa shape index (κ3) is 6.30. The molecular formula is C27H32F3N3O4. The zero-order valence-corrected chi connectivity index (χ0v) is 21.2. The van der Waals surface area contributed by atoms with E-state index in [0.29, 0.717) is 46.8 Å². The molecule has 3 aromatic rings. The number of fused-ring (bicyclic) bond motifs is 1. The molecule has 1 aromatic heterocycles. The van der Waals surface area contributed by atoms with E-state index in [4.69, 9.17) is 14.2 Å². The molecule has 1 amide bonds. The predicted molar refractivity (Wildman–Crippen MR) is 135 cm³/mol. The summed E-state index contributed by atoms with van der Waals surface area (Å²) in [6.45, 7) is 2.64. The summed E-state index contributed by atoms with van der Waals surface area (Å²) in [7, 11) is 4.53. The highest BCUT2D eigenvalue weighted by atomic mass is 19.4. The monoisotopic (exact) mass is 519 g/mol.